The van der Waals surface area contributed by atoms with E-state index in [4.69, 9.17) is 0 Å². The summed E-state index contributed by atoms with van der Waals surface area (Å²) in [6.07, 6.45) is 0.292. The Morgan fingerprint density at radius 3 is 2.76 bits per heavy atom. The highest BCUT2D eigenvalue weighted by Gasteiger charge is 2.22. The van der Waals surface area contributed by atoms with Crippen LogP contribution in [0.4, 0.5) is 4.39 Å². The number of rotatable bonds is 1. The van der Waals surface area contributed by atoms with Gasteiger partial charge in [-0.3, -0.25) is 4.79 Å². The van der Waals surface area contributed by atoms with Crippen LogP contribution in [-0.2, 0) is 4.79 Å². The molecule has 1 unspecified atom stereocenters. The maximum atomic E-state index is 14.0. The fourth-order valence-electron chi connectivity index (χ4n) is 2.35. The zero-order valence-corrected chi connectivity index (χ0v) is 10.1. The summed E-state index contributed by atoms with van der Waals surface area (Å²) >= 11 is 0. The van der Waals surface area contributed by atoms with Crippen LogP contribution in [0.25, 0.3) is 0 Å². The maximum Gasteiger partial charge on any atom is 0.221 e. The zero-order chi connectivity index (χ0) is 12.4. The molecule has 0 bridgehead atoms. The van der Waals surface area contributed by atoms with Crippen molar-refractivity contribution >= 4 is 5.91 Å². The molecular weight excluding hydrogens is 219 g/mol. The first-order valence-electron chi connectivity index (χ1n) is 5.84. The second kappa shape index (κ2) is 4.84. The first-order valence-corrected chi connectivity index (χ1v) is 5.84. The van der Waals surface area contributed by atoms with Gasteiger partial charge >= 0.3 is 0 Å². The largest absolute Gasteiger partial charge is 0.355 e. The van der Waals surface area contributed by atoms with Crippen LogP contribution >= 0.6 is 0 Å². The fourth-order valence-corrected chi connectivity index (χ4v) is 2.35. The van der Waals surface area contributed by atoms with E-state index < -0.39 is 0 Å². The van der Waals surface area contributed by atoms with Crippen LogP contribution in [-0.4, -0.2) is 19.0 Å². The van der Waals surface area contributed by atoms with Gasteiger partial charge in [-0.1, -0.05) is 6.07 Å². The number of carbonyl (C=O) groups is 1. The van der Waals surface area contributed by atoms with E-state index in [-0.39, 0.29) is 17.8 Å². The molecule has 2 N–H and O–H groups in total. The molecule has 2 rings (SSSR count). The third kappa shape index (κ3) is 2.64. The van der Waals surface area contributed by atoms with Crippen molar-refractivity contribution in [2.75, 3.05) is 13.1 Å². The lowest BCUT2D eigenvalue weighted by Crippen LogP contribution is -2.25. The lowest BCUT2D eigenvalue weighted by atomic mass is 9.96. The third-order valence-corrected chi connectivity index (χ3v) is 3.06. The van der Waals surface area contributed by atoms with E-state index >= 15 is 0 Å². The number of aryl methyl sites for hydroxylation is 2. The van der Waals surface area contributed by atoms with Gasteiger partial charge < -0.3 is 10.6 Å². The van der Waals surface area contributed by atoms with Crippen LogP contribution in [0.2, 0.25) is 0 Å². The van der Waals surface area contributed by atoms with Gasteiger partial charge in [-0.15, -0.1) is 0 Å². The van der Waals surface area contributed by atoms with Crippen LogP contribution in [0.15, 0.2) is 12.1 Å². The Balaban J connectivity index is 2.35. The number of halogens is 1. The van der Waals surface area contributed by atoms with Gasteiger partial charge in [-0.05, 0) is 31.0 Å². The molecule has 0 aliphatic carbocycles. The van der Waals surface area contributed by atoms with E-state index in [1.165, 1.54) is 6.07 Å². The number of hydrogen-bond acceptors (Lipinski definition) is 2. The highest BCUT2D eigenvalue weighted by atomic mass is 19.1. The molecule has 1 heterocycles. The first kappa shape index (κ1) is 12.0. The summed E-state index contributed by atoms with van der Waals surface area (Å²) in [5, 5.41) is 5.98. The monoisotopic (exact) mass is 236 g/mol. The molecule has 17 heavy (non-hydrogen) atoms. The molecule has 0 radical (unpaired) electrons. The molecule has 1 fully saturated rings. The van der Waals surface area contributed by atoms with Crippen molar-refractivity contribution in [2.24, 2.45) is 0 Å². The van der Waals surface area contributed by atoms with Crippen LogP contribution in [0.1, 0.15) is 29.2 Å². The Bertz CT molecular complexity index is 422. The number of carbonyl (C=O) groups excluding carboxylic acids is 1. The topological polar surface area (TPSA) is 41.1 Å². The quantitative estimate of drug-likeness (QED) is 0.777. The summed E-state index contributed by atoms with van der Waals surface area (Å²) in [4.78, 5) is 11.5. The molecule has 0 aromatic heterocycles. The van der Waals surface area contributed by atoms with Gasteiger partial charge in [-0.25, -0.2) is 4.39 Å². The first-order chi connectivity index (χ1) is 8.08. The van der Waals surface area contributed by atoms with Crippen molar-refractivity contribution in [3.8, 4) is 0 Å². The summed E-state index contributed by atoms with van der Waals surface area (Å²) in [6, 6.07) is 3.24. The summed E-state index contributed by atoms with van der Waals surface area (Å²) < 4.78 is 14.0. The van der Waals surface area contributed by atoms with E-state index in [2.05, 4.69) is 10.6 Å². The average molecular weight is 236 g/mol. The normalized spacial score (nSPS) is 20.9. The SMILES string of the molecule is Cc1cc(C)c(C2CC(=O)NCCN2)c(F)c1. The van der Waals surface area contributed by atoms with Crippen molar-refractivity contribution in [3.05, 3.63) is 34.6 Å². The minimum atomic E-state index is -0.227. The molecule has 1 aromatic rings. The minimum Gasteiger partial charge on any atom is -0.355 e. The standard InChI is InChI=1S/C13H17FN2O/c1-8-5-9(2)13(10(14)6-8)11-7-12(17)16-4-3-15-11/h5-6,11,15H,3-4,7H2,1-2H3,(H,16,17). The molecule has 4 heteroatoms. The third-order valence-electron chi connectivity index (χ3n) is 3.06. The van der Waals surface area contributed by atoms with Gasteiger partial charge in [0, 0.05) is 31.1 Å². The Morgan fingerprint density at radius 2 is 2.06 bits per heavy atom. The van der Waals surface area contributed by atoms with E-state index in [9.17, 15) is 9.18 Å². The lowest BCUT2D eigenvalue weighted by molar-refractivity contribution is -0.121. The van der Waals surface area contributed by atoms with Crippen molar-refractivity contribution in [2.45, 2.75) is 26.3 Å². The second-order valence-corrected chi connectivity index (χ2v) is 4.54. The molecule has 1 aromatic carbocycles. The Hall–Kier alpha value is -1.42. The van der Waals surface area contributed by atoms with Crippen molar-refractivity contribution in [1.82, 2.24) is 10.6 Å². The van der Waals surface area contributed by atoms with Gasteiger partial charge in [-0.2, -0.15) is 0 Å². The molecular formula is C13H17FN2O. The highest BCUT2D eigenvalue weighted by Crippen LogP contribution is 2.25. The maximum absolute atomic E-state index is 14.0. The van der Waals surface area contributed by atoms with Crippen molar-refractivity contribution < 1.29 is 9.18 Å². The summed E-state index contributed by atoms with van der Waals surface area (Å²) in [6.45, 7) is 5.02. The van der Waals surface area contributed by atoms with E-state index in [0.29, 0.717) is 25.1 Å². The molecule has 92 valence electrons. The van der Waals surface area contributed by atoms with E-state index in [1.807, 2.05) is 19.9 Å². The van der Waals surface area contributed by atoms with Crippen LogP contribution < -0.4 is 10.6 Å². The number of hydrogen-bond donors (Lipinski definition) is 2. The van der Waals surface area contributed by atoms with Crippen LogP contribution in [0, 0.1) is 19.7 Å². The molecule has 1 aliphatic rings. The van der Waals surface area contributed by atoms with Crippen LogP contribution in [0.3, 0.4) is 0 Å². The van der Waals surface area contributed by atoms with E-state index in [0.717, 1.165) is 11.1 Å². The van der Waals surface area contributed by atoms with Gasteiger partial charge in [0.2, 0.25) is 5.91 Å². The summed E-state index contributed by atoms with van der Waals surface area (Å²) in [5.41, 5.74) is 2.42. The fraction of sp³-hybridized carbons (Fsp3) is 0.462. The summed E-state index contributed by atoms with van der Waals surface area (Å²) in [5.74, 6) is -0.255. The molecule has 1 saturated heterocycles. The van der Waals surface area contributed by atoms with Crippen molar-refractivity contribution in [1.29, 1.82) is 0 Å². The molecule has 1 aliphatic heterocycles. The highest BCUT2D eigenvalue weighted by molar-refractivity contribution is 5.77. The zero-order valence-electron chi connectivity index (χ0n) is 10.1. The average Bonchev–Trinajstić information content (AvgIpc) is 2.41. The smallest absolute Gasteiger partial charge is 0.221 e. The van der Waals surface area contributed by atoms with Gasteiger partial charge in [0.1, 0.15) is 5.82 Å². The van der Waals surface area contributed by atoms with Gasteiger partial charge in [0.15, 0.2) is 0 Å². The van der Waals surface area contributed by atoms with Gasteiger partial charge in [0.25, 0.3) is 0 Å². The second-order valence-electron chi connectivity index (χ2n) is 4.54. The Labute approximate surface area is 100 Å². The molecule has 0 spiro atoms. The van der Waals surface area contributed by atoms with Gasteiger partial charge in [0.05, 0.1) is 0 Å². The van der Waals surface area contributed by atoms with Crippen LogP contribution in [0.5, 0.6) is 0 Å². The molecule has 3 nitrogen and oxygen atoms in total. The van der Waals surface area contributed by atoms with E-state index in [1.54, 1.807) is 0 Å². The molecule has 1 atom stereocenters. The lowest BCUT2D eigenvalue weighted by Gasteiger charge is -2.18. The molecule has 1 amide bonds. The predicted molar refractivity (Wildman–Crippen MR) is 64.2 cm³/mol. The number of amides is 1. The number of benzene rings is 1. The van der Waals surface area contributed by atoms with Crippen molar-refractivity contribution in [3.63, 3.8) is 0 Å². The Morgan fingerprint density at radius 1 is 1.29 bits per heavy atom. The predicted octanol–water partition coefficient (Wildman–Crippen LogP) is 1.59. The Kier molecular flexibility index (Phi) is 3.43. The molecule has 0 saturated carbocycles. The number of nitrogens with one attached hydrogen (secondary N) is 2. The minimum absolute atomic E-state index is 0.0284. The summed E-state index contributed by atoms with van der Waals surface area (Å²) in [7, 11) is 0.